The van der Waals surface area contributed by atoms with Crippen molar-refractivity contribution >= 4 is 38.3 Å². The van der Waals surface area contributed by atoms with Crippen LogP contribution in [-0.4, -0.2) is 23.3 Å². The first-order chi connectivity index (χ1) is 20.7. The van der Waals surface area contributed by atoms with Gasteiger partial charge in [-0.2, -0.15) is 18.7 Å². The van der Waals surface area contributed by atoms with Gasteiger partial charge in [-0.3, -0.25) is 10.1 Å². The predicted octanol–water partition coefficient (Wildman–Crippen LogP) is 7.12. The van der Waals surface area contributed by atoms with Gasteiger partial charge >= 0.3 is 10.1 Å². The van der Waals surface area contributed by atoms with E-state index in [1.807, 2.05) is 56.3 Å². The van der Waals surface area contributed by atoms with Crippen LogP contribution in [0.4, 0.5) is 5.69 Å². The first kappa shape index (κ1) is 29.7. The van der Waals surface area contributed by atoms with Gasteiger partial charge in [-0.05, 0) is 47.4 Å². The molecule has 5 rings (SSSR count). The zero-order chi connectivity index (χ0) is 30.6. The number of nitriles is 1. The molecule has 0 bridgehead atoms. The van der Waals surface area contributed by atoms with Crippen LogP contribution in [0, 0.1) is 28.4 Å². The van der Waals surface area contributed by atoms with Gasteiger partial charge in [0.05, 0.1) is 16.7 Å². The fraction of sp³-hybridized carbons (Fsp3) is 0.156. The number of aryl methyl sites for hydroxylation is 1. The molecule has 1 aromatic heterocycles. The summed E-state index contributed by atoms with van der Waals surface area (Å²) in [5.74, 6) is -0.634. The number of hydrogen-bond donors (Lipinski definition) is 0. The second-order valence-corrected chi connectivity index (χ2v) is 12.2. The van der Waals surface area contributed by atoms with Crippen molar-refractivity contribution in [2.45, 2.75) is 42.0 Å². The molecule has 0 saturated carbocycles. The highest BCUT2D eigenvalue weighted by molar-refractivity contribution is 7.98. The molecule has 4 aromatic carbocycles. The minimum Gasteiger partial charge on any atom is -0.358 e. The van der Waals surface area contributed by atoms with Crippen molar-refractivity contribution in [1.29, 1.82) is 5.26 Å². The Labute approximate surface area is 253 Å². The predicted molar refractivity (Wildman–Crippen MR) is 164 cm³/mol. The maximum Gasteiger partial charge on any atom is 0.340 e. The van der Waals surface area contributed by atoms with Crippen LogP contribution in [0.5, 0.6) is 5.88 Å². The van der Waals surface area contributed by atoms with Crippen LogP contribution in [0.2, 0.25) is 0 Å². The van der Waals surface area contributed by atoms with Gasteiger partial charge in [0.2, 0.25) is 5.88 Å². The molecule has 0 aliphatic carbocycles. The monoisotopic (exact) mass is 610 g/mol. The van der Waals surface area contributed by atoms with Crippen LogP contribution in [0.25, 0.3) is 10.8 Å². The average Bonchev–Trinajstić information content (AvgIpc) is 3.01. The third kappa shape index (κ3) is 6.51. The van der Waals surface area contributed by atoms with E-state index in [0.29, 0.717) is 23.4 Å². The summed E-state index contributed by atoms with van der Waals surface area (Å²) in [6, 6.07) is 28.2. The molecule has 0 spiro atoms. The van der Waals surface area contributed by atoms with Gasteiger partial charge in [-0.1, -0.05) is 91.0 Å². The van der Waals surface area contributed by atoms with Crippen molar-refractivity contribution < 1.29 is 17.5 Å². The van der Waals surface area contributed by atoms with Crippen LogP contribution in [0.1, 0.15) is 40.8 Å². The normalized spacial score (nSPS) is 12.0. The zero-order valence-electron chi connectivity index (χ0n) is 23.3. The highest BCUT2D eigenvalue weighted by Crippen LogP contribution is 2.36. The Hall–Kier alpha value is -4.79. The van der Waals surface area contributed by atoms with Crippen LogP contribution in [0.3, 0.4) is 0 Å². The van der Waals surface area contributed by atoms with Crippen LogP contribution in [0.15, 0.2) is 101 Å². The summed E-state index contributed by atoms with van der Waals surface area (Å²) in [6.45, 7) is 3.68. The van der Waals surface area contributed by atoms with E-state index in [1.165, 1.54) is 36.0 Å². The highest BCUT2D eigenvalue weighted by Gasteiger charge is 2.28. The first-order valence-electron chi connectivity index (χ1n) is 13.4. The molecule has 43 heavy (non-hydrogen) atoms. The standard InChI is InChI=1S/C32H26N4O5S2/c1-3-26-30(29(19-33)28-10-6-8-23-7-4-5-9-27(23)28)34-32(42-20-22-13-15-24(16-14-22)36(37)38)35-31(26)41-43(39,40)25-17-11-21(2)12-18-25/h4-18,29H,3,20H2,1-2H3. The Bertz CT molecular complexity index is 1950. The lowest BCUT2D eigenvalue weighted by atomic mass is 9.89. The first-order valence-corrected chi connectivity index (χ1v) is 15.7. The van der Waals surface area contributed by atoms with Crippen LogP contribution < -0.4 is 4.18 Å². The molecule has 0 aliphatic heterocycles. The van der Waals surface area contributed by atoms with E-state index < -0.39 is 21.0 Å². The van der Waals surface area contributed by atoms with E-state index in [1.54, 1.807) is 24.3 Å². The van der Waals surface area contributed by atoms with Crippen molar-refractivity contribution in [1.82, 2.24) is 9.97 Å². The molecule has 0 saturated heterocycles. The smallest absolute Gasteiger partial charge is 0.340 e. The lowest BCUT2D eigenvalue weighted by Crippen LogP contribution is -2.16. The van der Waals surface area contributed by atoms with Gasteiger partial charge in [0, 0.05) is 23.4 Å². The second-order valence-electron chi connectivity index (χ2n) is 9.72. The van der Waals surface area contributed by atoms with Gasteiger partial charge in [0.1, 0.15) is 10.8 Å². The van der Waals surface area contributed by atoms with Gasteiger partial charge in [-0.25, -0.2) is 4.98 Å². The van der Waals surface area contributed by atoms with Gasteiger partial charge in [0.25, 0.3) is 5.69 Å². The number of nitro benzene ring substituents is 1. The van der Waals surface area contributed by atoms with E-state index in [4.69, 9.17) is 9.17 Å². The Morgan fingerprint density at radius 3 is 2.35 bits per heavy atom. The average molecular weight is 611 g/mol. The molecular weight excluding hydrogens is 585 g/mol. The maximum absolute atomic E-state index is 13.3. The lowest BCUT2D eigenvalue weighted by molar-refractivity contribution is -0.384. The minimum atomic E-state index is -4.25. The van der Waals surface area contributed by atoms with E-state index in [2.05, 4.69) is 11.1 Å². The second kappa shape index (κ2) is 12.6. The zero-order valence-corrected chi connectivity index (χ0v) is 24.9. The topological polar surface area (TPSA) is 136 Å². The number of nitrogens with zero attached hydrogens (tertiary/aromatic N) is 4. The van der Waals surface area contributed by atoms with E-state index in [0.717, 1.165) is 27.5 Å². The minimum absolute atomic E-state index is 0.0220. The van der Waals surface area contributed by atoms with Crippen molar-refractivity contribution in [2.24, 2.45) is 0 Å². The summed E-state index contributed by atoms with van der Waals surface area (Å²) in [6.07, 6.45) is 0.310. The summed E-state index contributed by atoms with van der Waals surface area (Å²) in [5.41, 5.74) is 3.15. The molecular formula is C32H26N4O5S2. The number of fused-ring (bicyclic) bond motifs is 1. The quantitative estimate of drug-likeness (QED) is 0.0532. The largest absolute Gasteiger partial charge is 0.358 e. The molecule has 0 radical (unpaired) electrons. The number of hydrogen-bond acceptors (Lipinski definition) is 9. The molecule has 0 fully saturated rings. The number of thioether (sulfide) groups is 1. The number of benzene rings is 4. The number of aromatic nitrogens is 2. The van der Waals surface area contributed by atoms with Crippen molar-refractivity contribution in [2.75, 3.05) is 0 Å². The highest BCUT2D eigenvalue weighted by atomic mass is 32.2. The fourth-order valence-electron chi connectivity index (χ4n) is 4.66. The van der Waals surface area contributed by atoms with Crippen molar-refractivity contribution in [3.63, 3.8) is 0 Å². The van der Waals surface area contributed by atoms with Gasteiger partial charge in [-0.15, -0.1) is 0 Å². The maximum atomic E-state index is 13.3. The summed E-state index contributed by atoms with van der Waals surface area (Å²) in [5, 5.41) is 23.6. The number of nitro groups is 1. The SMILES string of the molecule is CCc1c(OS(=O)(=O)c2ccc(C)cc2)nc(SCc2ccc([N+](=O)[O-])cc2)nc1C(C#N)c1cccc2ccccc12. The van der Waals surface area contributed by atoms with E-state index >= 15 is 0 Å². The molecule has 1 atom stereocenters. The Kier molecular flexibility index (Phi) is 8.71. The van der Waals surface area contributed by atoms with E-state index in [-0.39, 0.29) is 21.6 Å². The van der Waals surface area contributed by atoms with E-state index in [9.17, 15) is 23.8 Å². The molecule has 1 heterocycles. The molecule has 0 amide bonds. The van der Waals surface area contributed by atoms with Crippen LogP contribution >= 0.6 is 11.8 Å². The Morgan fingerprint density at radius 2 is 1.67 bits per heavy atom. The third-order valence-electron chi connectivity index (χ3n) is 6.88. The molecule has 0 aliphatic rings. The Morgan fingerprint density at radius 1 is 0.977 bits per heavy atom. The van der Waals surface area contributed by atoms with Crippen molar-refractivity contribution in [3.8, 4) is 11.9 Å². The van der Waals surface area contributed by atoms with Gasteiger partial charge < -0.3 is 4.18 Å². The number of rotatable bonds is 10. The lowest BCUT2D eigenvalue weighted by Gasteiger charge is -2.19. The molecule has 5 aromatic rings. The molecule has 9 nitrogen and oxygen atoms in total. The van der Waals surface area contributed by atoms with Gasteiger partial charge in [0.15, 0.2) is 5.16 Å². The van der Waals surface area contributed by atoms with Crippen molar-refractivity contribution in [3.05, 3.63) is 129 Å². The summed E-state index contributed by atoms with van der Waals surface area (Å²) >= 11 is 1.21. The fourth-order valence-corrected chi connectivity index (χ4v) is 6.37. The molecule has 1 unspecified atom stereocenters. The Balaban J connectivity index is 1.61. The summed E-state index contributed by atoms with van der Waals surface area (Å²) in [4.78, 5) is 19.8. The summed E-state index contributed by atoms with van der Waals surface area (Å²) < 4.78 is 32.4. The number of non-ortho nitro benzene ring substituents is 1. The van der Waals surface area contributed by atoms with Crippen LogP contribution in [-0.2, 0) is 22.3 Å². The molecule has 216 valence electrons. The molecule has 11 heteroatoms. The molecule has 0 N–H and O–H groups in total. The summed E-state index contributed by atoms with van der Waals surface area (Å²) in [7, 11) is -4.25. The third-order valence-corrected chi connectivity index (χ3v) is 9.03.